The molecule has 0 spiro atoms. The first-order valence-electron chi connectivity index (χ1n) is 6.91. The van der Waals surface area contributed by atoms with E-state index in [0.717, 1.165) is 25.1 Å². The fourth-order valence-electron chi connectivity index (χ4n) is 2.17. The lowest BCUT2D eigenvalue weighted by Crippen LogP contribution is -2.42. The molecule has 0 saturated carbocycles. The van der Waals surface area contributed by atoms with Gasteiger partial charge in [-0.15, -0.1) is 11.8 Å². The lowest BCUT2D eigenvalue weighted by Gasteiger charge is -2.30. The van der Waals surface area contributed by atoms with Gasteiger partial charge in [-0.1, -0.05) is 25.4 Å². The summed E-state index contributed by atoms with van der Waals surface area (Å²) < 4.78 is 0. The van der Waals surface area contributed by atoms with Gasteiger partial charge in [0.25, 0.3) is 0 Å². The van der Waals surface area contributed by atoms with Gasteiger partial charge in [-0.05, 0) is 24.5 Å². The molecule has 1 heterocycles. The number of hydrogen-bond donors (Lipinski definition) is 2. The maximum atomic E-state index is 12.5. The van der Waals surface area contributed by atoms with Gasteiger partial charge in [0.1, 0.15) is 5.84 Å². The van der Waals surface area contributed by atoms with Crippen LogP contribution < -0.4 is 5.73 Å². The minimum absolute atomic E-state index is 0.0970. The van der Waals surface area contributed by atoms with Crippen molar-refractivity contribution in [2.75, 3.05) is 18.8 Å². The molecule has 1 saturated heterocycles. The molecule has 0 aromatic heterocycles. The lowest BCUT2D eigenvalue weighted by atomic mass is 10.1. The van der Waals surface area contributed by atoms with E-state index in [0.29, 0.717) is 18.9 Å². The highest BCUT2D eigenvalue weighted by Crippen LogP contribution is 2.26. The predicted octanol–water partition coefficient (Wildman–Crippen LogP) is 1.89. The Morgan fingerprint density at radius 1 is 1.53 bits per heavy atom. The summed E-state index contributed by atoms with van der Waals surface area (Å²) in [7, 11) is 0. The van der Waals surface area contributed by atoms with Crippen molar-refractivity contribution >= 4 is 23.5 Å². The zero-order valence-corrected chi connectivity index (χ0v) is 12.7. The molecule has 0 aliphatic carbocycles. The summed E-state index contributed by atoms with van der Waals surface area (Å²) >= 11 is 1.76. The summed E-state index contributed by atoms with van der Waals surface area (Å²) in [6.07, 6.45) is 3.75. The Morgan fingerprint density at radius 2 is 2.26 bits per heavy atom. The van der Waals surface area contributed by atoms with Gasteiger partial charge in [-0.2, -0.15) is 0 Å². The molecule has 5 nitrogen and oxygen atoms in total. The number of amides is 1. The van der Waals surface area contributed by atoms with Crippen LogP contribution in [0.4, 0.5) is 0 Å². The Labute approximate surface area is 119 Å². The van der Waals surface area contributed by atoms with Gasteiger partial charge in [-0.3, -0.25) is 4.79 Å². The van der Waals surface area contributed by atoms with Gasteiger partial charge < -0.3 is 15.8 Å². The predicted molar refractivity (Wildman–Crippen MR) is 79.5 cm³/mol. The zero-order chi connectivity index (χ0) is 14.3. The lowest BCUT2D eigenvalue weighted by molar-refractivity contribution is -0.131. The van der Waals surface area contributed by atoms with Gasteiger partial charge in [0.2, 0.25) is 5.91 Å². The number of thioether (sulfide) groups is 1. The molecule has 1 amide bonds. The van der Waals surface area contributed by atoms with Crippen molar-refractivity contribution in [3.63, 3.8) is 0 Å². The SMILES string of the molecule is CC(C)CN(CCC(N)=NO)C(=O)C1CCCCS1. The Hall–Kier alpha value is -0.910. The molecule has 6 heteroatoms. The third-order valence-electron chi connectivity index (χ3n) is 3.12. The average molecular weight is 287 g/mol. The van der Waals surface area contributed by atoms with E-state index in [1.807, 2.05) is 4.90 Å². The summed E-state index contributed by atoms with van der Waals surface area (Å²) in [6.45, 7) is 5.45. The second-order valence-corrected chi connectivity index (χ2v) is 6.69. The fourth-order valence-corrected chi connectivity index (χ4v) is 3.45. The van der Waals surface area contributed by atoms with E-state index in [2.05, 4.69) is 19.0 Å². The summed E-state index contributed by atoms with van der Waals surface area (Å²) in [4.78, 5) is 14.4. The Morgan fingerprint density at radius 3 is 2.79 bits per heavy atom. The normalized spacial score (nSPS) is 20.6. The highest BCUT2D eigenvalue weighted by Gasteiger charge is 2.26. The first-order chi connectivity index (χ1) is 9.04. The molecule has 19 heavy (non-hydrogen) atoms. The fraction of sp³-hybridized carbons (Fsp3) is 0.846. The van der Waals surface area contributed by atoms with E-state index in [-0.39, 0.29) is 17.0 Å². The average Bonchev–Trinajstić information content (AvgIpc) is 2.42. The van der Waals surface area contributed by atoms with E-state index < -0.39 is 0 Å². The van der Waals surface area contributed by atoms with Crippen LogP contribution >= 0.6 is 11.8 Å². The van der Waals surface area contributed by atoms with Crippen LogP contribution in [0.25, 0.3) is 0 Å². The van der Waals surface area contributed by atoms with Gasteiger partial charge >= 0.3 is 0 Å². The van der Waals surface area contributed by atoms with Crippen LogP contribution in [0.2, 0.25) is 0 Å². The van der Waals surface area contributed by atoms with Crippen molar-refractivity contribution in [1.82, 2.24) is 4.90 Å². The van der Waals surface area contributed by atoms with Crippen LogP contribution in [0.5, 0.6) is 0 Å². The van der Waals surface area contributed by atoms with Crippen molar-refractivity contribution in [2.24, 2.45) is 16.8 Å². The van der Waals surface area contributed by atoms with Crippen LogP contribution in [-0.2, 0) is 4.79 Å². The number of rotatable bonds is 6. The van der Waals surface area contributed by atoms with Crippen molar-refractivity contribution < 1.29 is 10.0 Å². The molecule has 1 unspecified atom stereocenters. The summed E-state index contributed by atoms with van der Waals surface area (Å²) in [5, 5.41) is 11.6. The van der Waals surface area contributed by atoms with Crippen LogP contribution in [0.1, 0.15) is 39.5 Å². The summed E-state index contributed by atoms with van der Waals surface area (Å²) in [5.74, 6) is 1.89. The standard InChI is InChI=1S/C13H25N3O2S/c1-10(2)9-16(7-6-12(14)15-18)13(17)11-5-3-4-8-19-11/h10-11,18H,3-9H2,1-2H3,(H2,14,15). The minimum Gasteiger partial charge on any atom is -0.409 e. The van der Waals surface area contributed by atoms with Crippen molar-refractivity contribution in [3.05, 3.63) is 0 Å². The molecule has 1 aliphatic heterocycles. The van der Waals surface area contributed by atoms with Crippen LogP contribution in [0, 0.1) is 5.92 Å². The highest BCUT2D eigenvalue weighted by atomic mass is 32.2. The molecule has 1 fully saturated rings. The Kier molecular flexibility index (Phi) is 7.05. The molecule has 1 atom stereocenters. The van der Waals surface area contributed by atoms with E-state index in [1.165, 1.54) is 6.42 Å². The molecular weight excluding hydrogens is 262 g/mol. The summed E-state index contributed by atoms with van der Waals surface area (Å²) in [5.41, 5.74) is 5.49. The second kappa shape index (κ2) is 8.30. The van der Waals surface area contributed by atoms with Gasteiger partial charge in [0.15, 0.2) is 0 Å². The maximum Gasteiger partial charge on any atom is 0.235 e. The van der Waals surface area contributed by atoms with E-state index >= 15 is 0 Å². The monoisotopic (exact) mass is 287 g/mol. The van der Waals surface area contributed by atoms with Crippen LogP contribution in [0.3, 0.4) is 0 Å². The minimum atomic E-state index is 0.0970. The molecule has 1 rings (SSSR count). The first kappa shape index (κ1) is 16.1. The molecule has 0 radical (unpaired) electrons. The number of carbonyl (C=O) groups is 1. The van der Waals surface area contributed by atoms with Crippen molar-refractivity contribution in [3.8, 4) is 0 Å². The number of amidine groups is 1. The second-order valence-electron chi connectivity index (χ2n) is 5.37. The largest absolute Gasteiger partial charge is 0.409 e. The van der Waals surface area contributed by atoms with Gasteiger partial charge in [-0.25, -0.2) is 0 Å². The molecule has 0 aromatic carbocycles. The molecule has 110 valence electrons. The molecule has 0 aromatic rings. The number of oxime groups is 1. The number of nitrogens with two attached hydrogens (primary N) is 1. The molecule has 3 N–H and O–H groups in total. The Bertz CT molecular complexity index is 315. The van der Waals surface area contributed by atoms with Crippen LogP contribution in [-0.4, -0.2) is 45.9 Å². The Balaban J connectivity index is 2.58. The third-order valence-corrected chi connectivity index (χ3v) is 4.48. The van der Waals surface area contributed by atoms with Crippen molar-refractivity contribution in [1.29, 1.82) is 0 Å². The molecule has 1 aliphatic rings. The van der Waals surface area contributed by atoms with Gasteiger partial charge in [0.05, 0.1) is 5.25 Å². The molecular formula is C13H25N3O2S. The highest BCUT2D eigenvalue weighted by molar-refractivity contribution is 8.00. The smallest absolute Gasteiger partial charge is 0.235 e. The first-order valence-corrected chi connectivity index (χ1v) is 7.96. The van der Waals surface area contributed by atoms with E-state index in [4.69, 9.17) is 10.9 Å². The van der Waals surface area contributed by atoms with Crippen molar-refractivity contribution in [2.45, 2.75) is 44.8 Å². The summed E-state index contributed by atoms with van der Waals surface area (Å²) in [6, 6.07) is 0. The van der Waals surface area contributed by atoms with Gasteiger partial charge in [0, 0.05) is 19.5 Å². The number of nitrogens with zero attached hydrogens (tertiary/aromatic N) is 2. The maximum absolute atomic E-state index is 12.5. The third kappa shape index (κ3) is 5.72. The van der Waals surface area contributed by atoms with E-state index in [1.54, 1.807) is 11.8 Å². The topological polar surface area (TPSA) is 78.9 Å². The molecule has 0 bridgehead atoms. The van der Waals surface area contributed by atoms with Crippen LogP contribution in [0.15, 0.2) is 5.16 Å². The zero-order valence-electron chi connectivity index (χ0n) is 11.8. The number of carbonyl (C=O) groups excluding carboxylic acids is 1. The number of hydrogen-bond acceptors (Lipinski definition) is 4. The quantitative estimate of drug-likeness (QED) is 0.338. The van der Waals surface area contributed by atoms with E-state index in [9.17, 15) is 4.79 Å².